The lowest BCUT2D eigenvalue weighted by atomic mass is 10.0. The van der Waals surface area contributed by atoms with Crippen LogP contribution in [0.15, 0.2) is 48.5 Å². The summed E-state index contributed by atoms with van der Waals surface area (Å²) in [7, 11) is 0. The summed E-state index contributed by atoms with van der Waals surface area (Å²) in [6.07, 6.45) is 0.202. The average molecular weight is 405 g/mol. The molecular formula is C24H28N4O2. The Morgan fingerprint density at radius 1 is 1.10 bits per heavy atom. The van der Waals surface area contributed by atoms with Crippen molar-refractivity contribution in [3.8, 4) is 0 Å². The fourth-order valence-corrected chi connectivity index (χ4v) is 4.25. The fourth-order valence-electron chi connectivity index (χ4n) is 4.25. The minimum atomic E-state index is -0.301. The molecule has 30 heavy (non-hydrogen) atoms. The number of nitrogens with zero attached hydrogens (tertiary/aromatic N) is 2. The Morgan fingerprint density at radius 2 is 1.80 bits per heavy atom. The maximum absolute atomic E-state index is 13.0. The molecule has 6 heteroatoms. The number of aromatic nitrogens is 2. The summed E-state index contributed by atoms with van der Waals surface area (Å²) in [5.41, 5.74) is 3.53. The van der Waals surface area contributed by atoms with Crippen LogP contribution >= 0.6 is 0 Å². The van der Waals surface area contributed by atoms with Crippen LogP contribution in [0.2, 0.25) is 0 Å². The van der Waals surface area contributed by atoms with Crippen LogP contribution in [-0.4, -0.2) is 21.4 Å². The SMILES string of the molecule is CC(C)[C@H](NC(=O)CC1NC(=O)c2ccccc21)c1nc2ccccc2n1C(C)C. The van der Waals surface area contributed by atoms with Gasteiger partial charge in [-0.1, -0.05) is 44.2 Å². The Bertz CT molecular complexity index is 1100. The van der Waals surface area contributed by atoms with Gasteiger partial charge in [-0.2, -0.15) is 0 Å². The summed E-state index contributed by atoms with van der Waals surface area (Å²) in [5, 5.41) is 6.11. The first-order valence-corrected chi connectivity index (χ1v) is 10.5. The first-order chi connectivity index (χ1) is 14.4. The van der Waals surface area contributed by atoms with Crippen LogP contribution in [0.4, 0.5) is 0 Å². The summed E-state index contributed by atoms with van der Waals surface area (Å²) < 4.78 is 2.20. The standard InChI is InChI=1S/C24H28N4O2/c1-14(2)22(23-25-18-11-7-8-12-20(18)28(23)15(3)4)27-21(29)13-19-16-9-5-6-10-17(16)24(30)26-19/h5-12,14-15,19,22H,13H2,1-4H3,(H,26,30)(H,27,29)/t19?,22-/m0/s1. The monoisotopic (exact) mass is 404 g/mol. The highest BCUT2D eigenvalue weighted by Crippen LogP contribution is 2.31. The molecule has 0 radical (unpaired) electrons. The van der Waals surface area contributed by atoms with E-state index in [-0.39, 0.29) is 42.3 Å². The number of amides is 2. The molecule has 0 saturated heterocycles. The van der Waals surface area contributed by atoms with Gasteiger partial charge in [0.2, 0.25) is 5.91 Å². The molecule has 0 spiro atoms. The second kappa shape index (κ2) is 7.94. The van der Waals surface area contributed by atoms with Crippen LogP contribution in [0.1, 0.15) is 74.0 Å². The van der Waals surface area contributed by atoms with Crippen molar-refractivity contribution >= 4 is 22.8 Å². The van der Waals surface area contributed by atoms with Gasteiger partial charge in [-0.3, -0.25) is 9.59 Å². The van der Waals surface area contributed by atoms with Gasteiger partial charge >= 0.3 is 0 Å². The molecule has 2 amide bonds. The molecular weight excluding hydrogens is 376 g/mol. The topological polar surface area (TPSA) is 76.0 Å². The molecule has 156 valence electrons. The minimum Gasteiger partial charge on any atom is -0.346 e. The maximum Gasteiger partial charge on any atom is 0.252 e. The minimum absolute atomic E-state index is 0.0990. The number of imidazole rings is 1. The molecule has 2 N–H and O–H groups in total. The van der Waals surface area contributed by atoms with Crippen LogP contribution < -0.4 is 10.6 Å². The summed E-state index contributed by atoms with van der Waals surface area (Å²) in [6, 6.07) is 15.2. The van der Waals surface area contributed by atoms with Gasteiger partial charge < -0.3 is 15.2 Å². The predicted molar refractivity (Wildman–Crippen MR) is 117 cm³/mol. The van der Waals surface area contributed by atoms with Gasteiger partial charge in [0.25, 0.3) is 5.91 Å². The zero-order chi connectivity index (χ0) is 21.4. The molecule has 1 aromatic heterocycles. The second-order valence-corrected chi connectivity index (χ2v) is 8.53. The molecule has 0 aliphatic carbocycles. The van der Waals surface area contributed by atoms with Gasteiger partial charge in [0, 0.05) is 11.6 Å². The first kappa shape index (κ1) is 20.1. The first-order valence-electron chi connectivity index (χ1n) is 10.5. The third kappa shape index (κ3) is 3.58. The van der Waals surface area contributed by atoms with Gasteiger partial charge in [-0.25, -0.2) is 4.98 Å². The van der Waals surface area contributed by atoms with E-state index in [2.05, 4.69) is 49.0 Å². The Morgan fingerprint density at radius 3 is 2.53 bits per heavy atom. The van der Waals surface area contributed by atoms with Crippen molar-refractivity contribution in [1.82, 2.24) is 20.2 Å². The number of nitrogens with one attached hydrogen (secondary N) is 2. The van der Waals surface area contributed by atoms with E-state index in [1.54, 1.807) is 6.07 Å². The second-order valence-electron chi connectivity index (χ2n) is 8.53. The molecule has 0 saturated carbocycles. The van der Waals surface area contributed by atoms with Crippen molar-refractivity contribution < 1.29 is 9.59 Å². The van der Waals surface area contributed by atoms with E-state index in [4.69, 9.17) is 4.98 Å². The highest BCUT2D eigenvalue weighted by Gasteiger charge is 2.31. The Kier molecular flexibility index (Phi) is 5.33. The summed E-state index contributed by atoms with van der Waals surface area (Å²) >= 11 is 0. The van der Waals surface area contributed by atoms with Crippen molar-refractivity contribution in [2.75, 3.05) is 0 Å². The van der Waals surface area contributed by atoms with E-state index >= 15 is 0 Å². The van der Waals surface area contributed by atoms with Crippen LogP contribution in [0.3, 0.4) is 0 Å². The fraction of sp³-hybridized carbons (Fsp3) is 0.375. The van der Waals surface area contributed by atoms with Crippen molar-refractivity contribution in [2.24, 2.45) is 5.92 Å². The third-order valence-corrected chi connectivity index (χ3v) is 5.68. The van der Waals surface area contributed by atoms with Crippen molar-refractivity contribution in [2.45, 2.75) is 52.2 Å². The Balaban J connectivity index is 1.60. The van der Waals surface area contributed by atoms with Gasteiger partial charge in [0.05, 0.1) is 29.5 Å². The van der Waals surface area contributed by atoms with Gasteiger partial charge in [0.15, 0.2) is 0 Å². The van der Waals surface area contributed by atoms with E-state index < -0.39 is 0 Å². The number of para-hydroxylation sites is 2. The molecule has 2 aromatic carbocycles. The lowest BCUT2D eigenvalue weighted by molar-refractivity contribution is -0.122. The van der Waals surface area contributed by atoms with E-state index in [0.717, 1.165) is 22.4 Å². The number of carbonyl (C=O) groups is 2. The molecule has 2 atom stereocenters. The van der Waals surface area contributed by atoms with Crippen LogP contribution in [-0.2, 0) is 4.79 Å². The lowest BCUT2D eigenvalue weighted by Gasteiger charge is -2.25. The number of hydrogen-bond acceptors (Lipinski definition) is 3. The normalized spacial score (nSPS) is 16.7. The number of fused-ring (bicyclic) bond motifs is 2. The quantitative estimate of drug-likeness (QED) is 0.643. The Labute approximate surface area is 176 Å². The van der Waals surface area contributed by atoms with Gasteiger partial charge in [-0.05, 0) is 43.5 Å². The molecule has 3 aromatic rings. The number of carbonyl (C=O) groups excluding carboxylic acids is 2. The van der Waals surface area contributed by atoms with E-state index in [0.29, 0.717) is 5.56 Å². The number of benzene rings is 2. The maximum atomic E-state index is 13.0. The highest BCUT2D eigenvalue weighted by molar-refractivity contribution is 5.99. The third-order valence-electron chi connectivity index (χ3n) is 5.68. The molecule has 2 heterocycles. The van der Waals surface area contributed by atoms with Crippen molar-refractivity contribution in [3.05, 3.63) is 65.5 Å². The van der Waals surface area contributed by atoms with E-state index in [1.165, 1.54) is 0 Å². The van der Waals surface area contributed by atoms with Crippen LogP contribution in [0.25, 0.3) is 11.0 Å². The van der Waals surface area contributed by atoms with Gasteiger partial charge in [0.1, 0.15) is 5.82 Å². The lowest BCUT2D eigenvalue weighted by Crippen LogP contribution is -2.36. The van der Waals surface area contributed by atoms with Gasteiger partial charge in [-0.15, -0.1) is 0 Å². The summed E-state index contributed by atoms with van der Waals surface area (Å²) in [6.45, 7) is 8.42. The molecule has 1 aliphatic rings. The van der Waals surface area contributed by atoms with E-state index in [9.17, 15) is 9.59 Å². The smallest absolute Gasteiger partial charge is 0.252 e. The molecule has 6 nitrogen and oxygen atoms in total. The Hall–Kier alpha value is -3.15. The zero-order valence-corrected chi connectivity index (χ0v) is 17.8. The van der Waals surface area contributed by atoms with E-state index in [1.807, 2.05) is 36.4 Å². The summed E-state index contributed by atoms with van der Waals surface area (Å²) in [4.78, 5) is 30.0. The van der Waals surface area contributed by atoms with Crippen LogP contribution in [0, 0.1) is 5.92 Å². The van der Waals surface area contributed by atoms with Crippen molar-refractivity contribution in [1.29, 1.82) is 0 Å². The molecule has 0 fully saturated rings. The number of hydrogen-bond donors (Lipinski definition) is 2. The predicted octanol–water partition coefficient (Wildman–Crippen LogP) is 4.31. The largest absolute Gasteiger partial charge is 0.346 e. The zero-order valence-electron chi connectivity index (χ0n) is 17.8. The van der Waals surface area contributed by atoms with Crippen molar-refractivity contribution in [3.63, 3.8) is 0 Å². The summed E-state index contributed by atoms with van der Waals surface area (Å²) in [5.74, 6) is 0.808. The molecule has 4 rings (SSSR count). The molecule has 1 aliphatic heterocycles. The average Bonchev–Trinajstić information content (AvgIpc) is 3.24. The molecule has 1 unspecified atom stereocenters. The van der Waals surface area contributed by atoms with Crippen LogP contribution in [0.5, 0.6) is 0 Å². The number of rotatable bonds is 6. The highest BCUT2D eigenvalue weighted by atomic mass is 16.2. The molecule has 0 bridgehead atoms.